The summed E-state index contributed by atoms with van der Waals surface area (Å²) in [5, 5.41) is 3.01. The van der Waals surface area contributed by atoms with Gasteiger partial charge in [-0.05, 0) is 32.4 Å². The van der Waals surface area contributed by atoms with Gasteiger partial charge in [0.1, 0.15) is 5.60 Å². The molecule has 6 nitrogen and oxygen atoms in total. The predicted molar refractivity (Wildman–Crippen MR) is 106 cm³/mol. The maximum absolute atomic E-state index is 12.8. The second-order valence-electron chi connectivity index (χ2n) is 7.36. The zero-order valence-electron chi connectivity index (χ0n) is 16.1. The molecule has 0 aromatic rings. The smallest absolute Gasteiger partial charge is 0.335 e. The first-order chi connectivity index (χ1) is 12.9. The number of hydrogen-bond donors (Lipinski definition) is 1. The number of allylic oxidation sites excluding steroid dienone is 2. The summed E-state index contributed by atoms with van der Waals surface area (Å²) in [7, 11) is 0. The van der Waals surface area contributed by atoms with Gasteiger partial charge < -0.3 is 15.0 Å². The molecule has 1 fully saturated rings. The van der Waals surface area contributed by atoms with Crippen LogP contribution in [-0.2, 0) is 14.3 Å². The van der Waals surface area contributed by atoms with E-state index in [0.717, 1.165) is 38.2 Å². The number of nitrogens with zero attached hydrogens (tertiary/aromatic N) is 2. The number of ether oxygens (including phenoxy) is 1. The Balaban J connectivity index is 1.59. The van der Waals surface area contributed by atoms with Gasteiger partial charge in [0.25, 0.3) is 5.91 Å². The van der Waals surface area contributed by atoms with Gasteiger partial charge in [-0.15, -0.1) is 11.6 Å². The maximum atomic E-state index is 12.8. The van der Waals surface area contributed by atoms with Gasteiger partial charge in [0.2, 0.25) is 0 Å². The van der Waals surface area contributed by atoms with Gasteiger partial charge >= 0.3 is 5.97 Å². The lowest BCUT2D eigenvalue weighted by Gasteiger charge is -2.38. The van der Waals surface area contributed by atoms with Crippen LogP contribution in [0.4, 0.5) is 0 Å². The Kier molecular flexibility index (Phi) is 6.37. The Labute approximate surface area is 165 Å². The summed E-state index contributed by atoms with van der Waals surface area (Å²) in [6, 6.07) is 0. The summed E-state index contributed by atoms with van der Waals surface area (Å²) in [4.78, 5) is 31.8. The molecule has 1 aliphatic carbocycles. The van der Waals surface area contributed by atoms with Crippen molar-refractivity contribution in [1.29, 1.82) is 0 Å². The van der Waals surface area contributed by atoms with Crippen molar-refractivity contribution < 1.29 is 14.3 Å². The van der Waals surface area contributed by atoms with Crippen molar-refractivity contribution >= 4 is 29.2 Å². The first-order valence-corrected chi connectivity index (χ1v) is 10.2. The van der Waals surface area contributed by atoms with Crippen LogP contribution in [0, 0.1) is 0 Å². The van der Waals surface area contributed by atoms with Gasteiger partial charge in [-0.1, -0.05) is 13.0 Å². The van der Waals surface area contributed by atoms with Crippen molar-refractivity contribution in [2.75, 3.05) is 32.7 Å². The van der Waals surface area contributed by atoms with Crippen LogP contribution in [0.15, 0.2) is 28.3 Å². The standard InChI is InChI=1S/C20H28ClN3O3/c1-3-24-12-8-20(9-13-24)17(14(2)19(26)27-20)18(25)23-11-10-22-16-6-4-15(21)5-7-16/h4,6,15H,3,5,7-13H2,1-2H3,(H,23,25). The molecular formula is C20H28ClN3O3. The lowest BCUT2D eigenvalue weighted by molar-refractivity contribution is -0.150. The third-order valence-corrected chi connectivity index (χ3v) is 6.01. The average molecular weight is 394 g/mol. The topological polar surface area (TPSA) is 71.0 Å². The number of rotatable bonds is 5. The van der Waals surface area contributed by atoms with Gasteiger partial charge in [-0.2, -0.15) is 0 Å². The third kappa shape index (κ3) is 4.43. The zero-order valence-corrected chi connectivity index (χ0v) is 16.8. The van der Waals surface area contributed by atoms with Gasteiger partial charge in [-0.25, -0.2) is 4.79 Å². The molecule has 7 heteroatoms. The first kappa shape index (κ1) is 20.1. The molecule has 0 bridgehead atoms. The number of carbonyl (C=O) groups excluding carboxylic acids is 2. The van der Waals surface area contributed by atoms with E-state index in [1.54, 1.807) is 6.92 Å². The highest BCUT2D eigenvalue weighted by molar-refractivity contribution is 6.22. The molecule has 1 amide bonds. The van der Waals surface area contributed by atoms with E-state index in [2.05, 4.69) is 22.1 Å². The van der Waals surface area contributed by atoms with Crippen molar-refractivity contribution in [3.05, 3.63) is 23.3 Å². The Morgan fingerprint density at radius 2 is 2.19 bits per heavy atom. The van der Waals surface area contributed by atoms with Gasteiger partial charge in [0.15, 0.2) is 0 Å². The van der Waals surface area contributed by atoms with Gasteiger partial charge in [-0.3, -0.25) is 9.79 Å². The average Bonchev–Trinajstić information content (AvgIpc) is 2.90. The van der Waals surface area contributed by atoms with E-state index in [0.29, 0.717) is 37.1 Å². The fourth-order valence-electron chi connectivity index (χ4n) is 3.98. The van der Waals surface area contributed by atoms with Crippen LogP contribution < -0.4 is 5.32 Å². The second kappa shape index (κ2) is 8.57. The number of aliphatic imine (C=N–C) groups is 1. The van der Waals surface area contributed by atoms with Crippen molar-refractivity contribution in [3.63, 3.8) is 0 Å². The lowest BCUT2D eigenvalue weighted by Crippen LogP contribution is -2.48. The molecular weight excluding hydrogens is 366 g/mol. The molecule has 148 valence electrons. The molecule has 1 atom stereocenters. The van der Waals surface area contributed by atoms with Crippen LogP contribution in [0.2, 0.25) is 0 Å². The quantitative estimate of drug-likeness (QED) is 0.441. The predicted octanol–water partition coefficient (Wildman–Crippen LogP) is 2.23. The molecule has 2 aliphatic heterocycles. The van der Waals surface area contributed by atoms with Crippen molar-refractivity contribution in [2.24, 2.45) is 4.99 Å². The minimum absolute atomic E-state index is 0.0915. The van der Waals surface area contributed by atoms with Crippen molar-refractivity contribution in [2.45, 2.75) is 50.5 Å². The summed E-state index contributed by atoms with van der Waals surface area (Å²) in [5.41, 5.74) is 1.20. The van der Waals surface area contributed by atoms with E-state index in [1.165, 1.54) is 0 Å². The largest absolute Gasteiger partial charge is 0.450 e. The summed E-state index contributed by atoms with van der Waals surface area (Å²) < 4.78 is 5.69. The lowest BCUT2D eigenvalue weighted by atomic mass is 9.82. The van der Waals surface area contributed by atoms with Crippen LogP contribution >= 0.6 is 11.6 Å². The molecule has 3 rings (SSSR count). The number of alkyl halides is 1. The Bertz CT molecular complexity index is 691. The highest BCUT2D eigenvalue weighted by atomic mass is 35.5. The Hall–Kier alpha value is -1.66. The van der Waals surface area contributed by atoms with Crippen molar-refractivity contribution in [3.8, 4) is 0 Å². The number of halogens is 1. The molecule has 0 saturated carbocycles. The van der Waals surface area contributed by atoms with E-state index in [1.807, 2.05) is 12.2 Å². The summed E-state index contributed by atoms with van der Waals surface area (Å²) >= 11 is 6.03. The summed E-state index contributed by atoms with van der Waals surface area (Å²) in [5.74, 6) is -0.572. The Morgan fingerprint density at radius 1 is 1.44 bits per heavy atom. The minimum Gasteiger partial charge on any atom is -0.450 e. The Morgan fingerprint density at radius 3 is 2.81 bits per heavy atom. The number of nitrogens with one attached hydrogen (secondary N) is 1. The van der Waals surface area contributed by atoms with E-state index in [4.69, 9.17) is 16.3 Å². The fourth-order valence-corrected chi connectivity index (χ4v) is 4.16. The zero-order chi connectivity index (χ0) is 19.4. The molecule has 27 heavy (non-hydrogen) atoms. The van der Waals surface area contributed by atoms with E-state index in [-0.39, 0.29) is 17.3 Å². The molecule has 1 unspecified atom stereocenters. The van der Waals surface area contributed by atoms with Crippen LogP contribution in [-0.4, -0.2) is 66.2 Å². The van der Waals surface area contributed by atoms with Crippen LogP contribution in [0.25, 0.3) is 0 Å². The van der Waals surface area contributed by atoms with E-state index >= 15 is 0 Å². The maximum Gasteiger partial charge on any atom is 0.335 e. The SMILES string of the molecule is CCN1CCC2(CC1)OC(=O)C(C)=C2C(=O)NCCN=C1C=CC(Cl)CC1. The van der Waals surface area contributed by atoms with Crippen LogP contribution in [0.3, 0.4) is 0 Å². The van der Waals surface area contributed by atoms with Crippen molar-refractivity contribution in [1.82, 2.24) is 10.2 Å². The molecule has 0 aromatic heterocycles. The van der Waals surface area contributed by atoms with Gasteiger partial charge in [0.05, 0.1) is 17.5 Å². The highest BCUT2D eigenvalue weighted by Crippen LogP contribution is 2.40. The number of esters is 1. The number of likely N-dealkylation sites (tertiary alicyclic amines) is 1. The molecule has 0 radical (unpaired) electrons. The number of carbonyl (C=O) groups is 2. The third-order valence-electron chi connectivity index (χ3n) is 5.65. The second-order valence-corrected chi connectivity index (χ2v) is 7.92. The minimum atomic E-state index is -0.760. The van der Waals surface area contributed by atoms with Crippen LogP contribution in [0.5, 0.6) is 0 Å². The monoisotopic (exact) mass is 393 g/mol. The molecule has 1 N–H and O–H groups in total. The fraction of sp³-hybridized carbons (Fsp3) is 0.650. The highest BCUT2D eigenvalue weighted by Gasteiger charge is 2.50. The van der Waals surface area contributed by atoms with E-state index in [9.17, 15) is 9.59 Å². The molecule has 0 aromatic carbocycles. The van der Waals surface area contributed by atoms with Gasteiger partial charge in [0, 0.05) is 43.8 Å². The van der Waals surface area contributed by atoms with Crippen LogP contribution in [0.1, 0.15) is 39.5 Å². The molecule has 3 aliphatic rings. The number of piperidine rings is 1. The van der Waals surface area contributed by atoms with E-state index < -0.39 is 5.60 Å². The molecule has 2 heterocycles. The first-order valence-electron chi connectivity index (χ1n) is 9.76. The summed E-state index contributed by atoms with van der Waals surface area (Å²) in [6.07, 6.45) is 6.99. The molecule has 1 saturated heterocycles. The number of hydrogen-bond acceptors (Lipinski definition) is 5. The molecule has 1 spiro atoms. The summed E-state index contributed by atoms with van der Waals surface area (Å²) in [6.45, 7) is 7.37. The normalized spacial score (nSPS) is 26.7. The number of amides is 1.